The van der Waals surface area contributed by atoms with Gasteiger partial charge in [-0.15, -0.1) is 0 Å². The molecule has 14 nitrogen and oxygen atoms in total. The maximum Gasteiger partial charge on any atom is 0.326 e. The first-order valence-electron chi connectivity index (χ1n) is 12.6. The number of benzene rings is 1. The van der Waals surface area contributed by atoms with E-state index in [1.807, 2.05) is 13.8 Å². The van der Waals surface area contributed by atoms with E-state index >= 15 is 0 Å². The molecule has 0 aliphatic rings. The number of guanidine groups is 1. The average Bonchev–Trinajstić information content (AvgIpc) is 2.84. The van der Waals surface area contributed by atoms with Crippen LogP contribution in [0.4, 0.5) is 0 Å². The summed E-state index contributed by atoms with van der Waals surface area (Å²) in [5, 5.41) is 16.9. The van der Waals surface area contributed by atoms with Crippen molar-refractivity contribution in [3.63, 3.8) is 0 Å². The van der Waals surface area contributed by atoms with Crippen molar-refractivity contribution >= 4 is 35.6 Å². The van der Waals surface area contributed by atoms with Crippen molar-refractivity contribution < 1.29 is 29.1 Å². The Hall–Kier alpha value is -4.20. The van der Waals surface area contributed by atoms with Gasteiger partial charge in [-0.2, -0.15) is 0 Å². The molecule has 4 amide bonds. The Labute approximate surface area is 227 Å². The average molecular weight is 549 g/mol. The van der Waals surface area contributed by atoms with Gasteiger partial charge in [-0.25, -0.2) is 4.79 Å². The highest BCUT2D eigenvalue weighted by atomic mass is 16.4. The van der Waals surface area contributed by atoms with Crippen molar-refractivity contribution in [3.05, 3.63) is 35.9 Å². The molecule has 1 rings (SSSR count). The molecule has 0 aromatic heterocycles. The predicted octanol–water partition coefficient (Wildman–Crippen LogP) is -1.93. The molecule has 14 heteroatoms. The quantitative estimate of drug-likeness (QED) is 0.0611. The Balaban J connectivity index is 3.16. The first kappa shape index (κ1) is 32.8. The normalized spacial score (nSPS) is 13.8. The highest BCUT2D eigenvalue weighted by Gasteiger charge is 2.31. The van der Waals surface area contributed by atoms with Crippen LogP contribution < -0.4 is 38.9 Å². The van der Waals surface area contributed by atoms with Gasteiger partial charge in [-0.05, 0) is 30.7 Å². The Bertz CT molecular complexity index is 1010. The molecule has 39 heavy (non-hydrogen) atoms. The van der Waals surface area contributed by atoms with E-state index in [2.05, 4.69) is 20.9 Å². The van der Waals surface area contributed by atoms with Gasteiger partial charge in [0.05, 0.1) is 12.5 Å². The molecule has 0 saturated carbocycles. The molecule has 1 aromatic rings. The summed E-state index contributed by atoms with van der Waals surface area (Å²) >= 11 is 0. The lowest BCUT2D eigenvalue weighted by atomic mass is 10.0. The number of hydrogen-bond donors (Lipinski definition) is 8. The van der Waals surface area contributed by atoms with Crippen molar-refractivity contribution in [3.8, 4) is 0 Å². The third-order valence-electron chi connectivity index (χ3n) is 5.58. The van der Waals surface area contributed by atoms with E-state index in [0.717, 1.165) is 0 Å². The van der Waals surface area contributed by atoms with Gasteiger partial charge in [0.1, 0.15) is 18.1 Å². The number of aliphatic imine (C=N–C) groups is 1. The number of nitrogens with one attached hydrogen (secondary N) is 3. The summed E-state index contributed by atoms with van der Waals surface area (Å²) in [4.78, 5) is 65.8. The molecule has 0 saturated heterocycles. The van der Waals surface area contributed by atoms with Crippen LogP contribution in [0.25, 0.3) is 0 Å². The molecule has 1 aromatic carbocycles. The number of rotatable bonds is 17. The molecule has 216 valence electrons. The number of carboxylic acids is 1. The lowest BCUT2D eigenvalue weighted by molar-refractivity contribution is -0.143. The minimum Gasteiger partial charge on any atom is -0.480 e. The molecule has 4 unspecified atom stereocenters. The van der Waals surface area contributed by atoms with Crippen LogP contribution in [0.2, 0.25) is 0 Å². The second kappa shape index (κ2) is 16.6. The minimum atomic E-state index is -1.59. The van der Waals surface area contributed by atoms with Crippen molar-refractivity contribution in [2.75, 3.05) is 6.54 Å². The molecule has 12 N–H and O–H groups in total. The molecule has 0 spiro atoms. The summed E-state index contributed by atoms with van der Waals surface area (Å²) in [5.74, 6) is -4.44. The summed E-state index contributed by atoms with van der Waals surface area (Å²) in [6.07, 6.45) is 0.212. The van der Waals surface area contributed by atoms with E-state index in [0.29, 0.717) is 18.4 Å². The highest BCUT2D eigenvalue weighted by Crippen LogP contribution is 2.08. The monoisotopic (exact) mass is 548 g/mol. The first-order chi connectivity index (χ1) is 18.3. The first-order valence-corrected chi connectivity index (χ1v) is 12.6. The van der Waals surface area contributed by atoms with Gasteiger partial charge in [0.25, 0.3) is 0 Å². The fraction of sp³-hybridized carbons (Fsp3) is 0.520. The van der Waals surface area contributed by atoms with Crippen LogP contribution in [-0.4, -0.2) is 71.4 Å². The number of carbonyl (C=O) groups is 5. The molecule has 0 aliphatic heterocycles. The van der Waals surface area contributed by atoms with E-state index < -0.39 is 60.2 Å². The van der Waals surface area contributed by atoms with Crippen molar-refractivity contribution in [1.29, 1.82) is 0 Å². The zero-order valence-electron chi connectivity index (χ0n) is 22.3. The van der Waals surface area contributed by atoms with Gasteiger partial charge in [0.15, 0.2) is 5.96 Å². The molecule has 0 fully saturated rings. The largest absolute Gasteiger partial charge is 0.480 e. The number of hydrogen-bond acceptors (Lipinski definition) is 7. The van der Waals surface area contributed by atoms with Crippen LogP contribution in [0.3, 0.4) is 0 Å². The molecule has 0 heterocycles. The van der Waals surface area contributed by atoms with Crippen molar-refractivity contribution in [1.82, 2.24) is 16.0 Å². The number of nitrogens with two attached hydrogens (primary N) is 4. The van der Waals surface area contributed by atoms with Gasteiger partial charge in [-0.1, -0.05) is 44.2 Å². The van der Waals surface area contributed by atoms with Gasteiger partial charge in [0.2, 0.25) is 23.6 Å². The molecular formula is C25H40N8O6. The molecule has 0 radical (unpaired) electrons. The lowest BCUT2D eigenvalue weighted by Crippen LogP contribution is -2.58. The van der Waals surface area contributed by atoms with Crippen molar-refractivity contribution in [2.45, 2.75) is 70.1 Å². The zero-order valence-corrected chi connectivity index (χ0v) is 22.3. The summed E-state index contributed by atoms with van der Waals surface area (Å²) < 4.78 is 0. The fourth-order valence-corrected chi connectivity index (χ4v) is 3.67. The summed E-state index contributed by atoms with van der Waals surface area (Å²) in [6.45, 7) is 4.01. The third kappa shape index (κ3) is 13.2. The molecule has 4 atom stereocenters. The van der Waals surface area contributed by atoms with Gasteiger partial charge in [0, 0.05) is 13.0 Å². The van der Waals surface area contributed by atoms with E-state index in [4.69, 9.17) is 22.9 Å². The number of carbonyl (C=O) groups excluding carboxylic acids is 4. The lowest BCUT2D eigenvalue weighted by Gasteiger charge is -2.25. The molecule has 0 aliphatic carbocycles. The Kier molecular flexibility index (Phi) is 14.0. The van der Waals surface area contributed by atoms with Gasteiger partial charge >= 0.3 is 5.97 Å². The van der Waals surface area contributed by atoms with Gasteiger partial charge in [-0.3, -0.25) is 24.2 Å². The van der Waals surface area contributed by atoms with E-state index in [1.165, 1.54) is 0 Å². The van der Waals surface area contributed by atoms with Crippen LogP contribution in [0.15, 0.2) is 35.3 Å². The Morgan fingerprint density at radius 3 is 1.97 bits per heavy atom. The summed E-state index contributed by atoms with van der Waals surface area (Å²) in [7, 11) is 0. The Morgan fingerprint density at radius 1 is 0.872 bits per heavy atom. The number of amides is 4. The van der Waals surface area contributed by atoms with Crippen LogP contribution in [0.5, 0.6) is 0 Å². The summed E-state index contributed by atoms with van der Waals surface area (Å²) in [5.41, 5.74) is 22.5. The van der Waals surface area contributed by atoms with Crippen LogP contribution in [-0.2, 0) is 30.4 Å². The van der Waals surface area contributed by atoms with Gasteiger partial charge < -0.3 is 44.0 Å². The zero-order chi connectivity index (χ0) is 29.5. The molecule has 0 bridgehead atoms. The SMILES string of the molecule is CC(C)CC(N)C(=O)NC(CCCN=C(N)N)C(=O)NC(Cc1ccccc1)C(=O)NC(CC(N)=O)C(=O)O. The van der Waals surface area contributed by atoms with E-state index in [-0.39, 0.29) is 31.3 Å². The fourth-order valence-electron chi connectivity index (χ4n) is 3.67. The van der Waals surface area contributed by atoms with Crippen LogP contribution >= 0.6 is 0 Å². The molecular weight excluding hydrogens is 508 g/mol. The maximum atomic E-state index is 13.3. The van der Waals surface area contributed by atoms with Crippen LogP contribution in [0, 0.1) is 5.92 Å². The topological polar surface area (TPSA) is 258 Å². The number of nitrogens with zero attached hydrogens (tertiary/aromatic N) is 1. The van der Waals surface area contributed by atoms with Crippen molar-refractivity contribution in [2.24, 2.45) is 33.8 Å². The third-order valence-corrected chi connectivity index (χ3v) is 5.58. The van der Waals surface area contributed by atoms with E-state index in [9.17, 15) is 29.1 Å². The smallest absolute Gasteiger partial charge is 0.326 e. The number of carboxylic acid groups (broad SMARTS) is 1. The minimum absolute atomic E-state index is 0.00283. The van der Waals surface area contributed by atoms with E-state index in [1.54, 1.807) is 30.3 Å². The maximum absolute atomic E-state index is 13.3. The Morgan fingerprint density at radius 2 is 1.44 bits per heavy atom. The second-order valence-electron chi connectivity index (χ2n) is 9.57. The number of aliphatic carboxylic acids is 1. The highest BCUT2D eigenvalue weighted by molar-refractivity contribution is 5.95. The standard InChI is InChI=1S/C25H40N8O6/c1-14(2)11-16(26)21(35)31-17(9-6-10-30-25(28)29)22(36)32-18(12-15-7-4-3-5-8-15)23(37)33-19(24(38)39)13-20(27)34/h3-5,7-8,14,16-19H,6,9-13,26H2,1-2H3,(H2,27,34)(H,31,35)(H,32,36)(H,33,37)(H,38,39)(H4,28,29,30). The summed E-state index contributed by atoms with van der Waals surface area (Å²) in [6, 6.07) is 3.93. The second-order valence-corrected chi connectivity index (χ2v) is 9.57. The van der Waals surface area contributed by atoms with Crippen LogP contribution in [0.1, 0.15) is 45.1 Å². The predicted molar refractivity (Wildman–Crippen MR) is 145 cm³/mol. The number of primary amides is 1.